The second-order valence-corrected chi connectivity index (χ2v) is 6.24. The molecule has 0 bridgehead atoms. The Balaban J connectivity index is 2.36. The Labute approximate surface area is 113 Å². The molecule has 1 aromatic carbocycles. The number of aliphatic hydroxyl groups excluding tert-OH is 1. The molecule has 0 radical (unpaired) electrons. The van der Waals surface area contributed by atoms with Gasteiger partial charge >= 0.3 is 0 Å². The average Bonchev–Trinajstić information content (AvgIpc) is 2.37. The first kappa shape index (κ1) is 13.6. The van der Waals surface area contributed by atoms with Gasteiger partial charge < -0.3 is 14.7 Å². The van der Waals surface area contributed by atoms with Crippen molar-refractivity contribution in [2.45, 2.75) is 25.2 Å². The molecule has 2 atom stereocenters. The monoisotopic (exact) mass is 267 g/mol. The van der Waals surface area contributed by atoms with Crippen molar-refractivity contribution in [3.05, 3.63) is 23.8 Å². The van der Waals surface area contributed by atoms with Crippen LogP contribution in [0.25, 0.3) is 0 Å². The molecule has 0 spiro atoms. The van der Waals surface area contributed by atoms with Crippen molar-refractivity contribution in [1.29, 1.82) is 0 Å². The van der Waals surface area contributed by atoms with Crippen LogP contribution in [0.2, 0.25) is 0 Å². The fourth-order valence-corrected chi connectivity index (χ4v) is 3.46. The Hall–Kier alpha value is -0.870. The van der Waals surface area contributed by atoms with Crippen molar-refractivity contribution in [3.8, 4) is 5.75 Å². The molecule has 100 valence electrons. The normalized spacial score (nSPS) is 21.8. The number of rotatable bonds is 3. The van der Waals surface area contributed by atoms with Crippen LogP contribution in [-0.4, -0.2) is 36.3 Å². The van der Waals surface area contributed by atoms with Crippen LogP contribution >= 0.6 is 11.8 Å². The maximum atomic E-state index is 10.0. The highest BCUT2D eigenvalue weighted by atomic mass is 32.2. The van der Waals surface area contributed by atoms with Crippen LogP contribution in [0.1, 0.15) is 25.5 Å². The molecule has 1 aromatic rings. The predicted octanol–water partition coefficient (Wildman–Crippen LogP) is 2.69. The van der Waals surface area contributed by atoms with Crippen LogP contribution in [0, 0.1) is 0 Å². The molecule has 1 heterocycles. The molecule has 1 N–H and O–H groups in total. The molecule has 1 saturated heterocycles. The van der Waals surface area contributed by atoms with E-state index in [1.807, 2.05) is 23.9 Å². The predicted molar refractivity (Wildman–Crippen MR) is 77.8 cm³/mol. The first-order valence-corrected chi connectivity index (χ1v) is 7.40. The third-order valence-electron chi connectivity index (χ3n) is 3.26. The summed E-state index contributed by atoms with van der Waals surface area (Å²) in [5.74, 6) is 1.91. The van der Waals surface area contributed by atoms with E-state index >= 15 is 0 Å². The van der Waals surface area contributed by atoms with Gasteiger partial charge in [0.1, 0.15) is 5.75 Å². The number of hydrogen-bond donors (Lipinski definition) is 1. The van der Waals surface area contributed by atoms with Gasteiger partial charge in [0.25, 0.3) is 0 Å². The van der Waals surface area contributed by atoms with Crippen molar-refractivity contribution in [2.24, 2.45) is 0 Å². The molecular formula is C14H21NO2S. The molecule has 18 heavy (non-hydrogen) atoms. The lowest BCUT2D eigenvalue weighted by Gasteiger charge is -2.34. The van der Waals surface area contributed by atoms with E-state index in [0.717, 1.165) is 35.8 Å². The molecule has 4 heteroatoms. The second kappa shape index (κ2) is 5.85. The zero-order valence-corrected chi connectivity index (χ0v) is 12.0. The molecule has 0 aromatic heterocycles. The van der Waals surface area contributed by atoms with E-state index in [1.165, 1.54) is 0 Å². The van der Waals surface area contributed by atoms with Crippen molar-refractivity contribution >= 4 is 17.4 Å². The largest absolute Gasteiger partial charge is 0.496 e. The van der Waals surface area contributed by atoms with Crippen LogP contribution in [0.3, 0.4) is 0 Å². The van der Waals surface area contributed by atoms with Crippen molar-refractivity contribution in [1.82, 2.24) is 0 Å². The molecule has 3 nitrogen and oxygen atoms in total. The van der Waals surface area contributed by atoms with Gasteiger partial charge in [0, 0.05) is 35.3 Å². The molecule has 1 aliphatic rings. The van der Waals surface area contributed by atoms with Crippen LogP contribution in [0.5, 0.6) is 5.75 Å². The minimum absolute atomic E-state index is 0.513. The van der Waals surface area contributed by atoms with Crippen molar-refractivity contribution in [2.75, 3.05) is 30.9 Å². The maximum absolute atomic E-state index is 10.0. The molecular weight excluding hydrogens is 246 g/mol. The summed E-state index contributed by atoms with van der Waals surface area (Å²) in [6, 6.07) is 5.98. The van der Waals surface area contributed by atoms with Gasteiger partial charge in [-0.15, -0.1) is 0 Å². The Bertz CT molecular complexity index is 409. The summed E-state index contributed by atoms with van der Waals surface area (Å²) >= 11 is 2.01. The van der Waals surface area contributed by atoms with Gasteiger partial charge in [-0.05, 0) is 19.1 Å². The molecule has 0 aliphatic carbocycles. The standard InChI is InChI=1S/C14H21NO2S/c1-10-9-15(7-8-18-10)12-5-4-6-13(17-3)14(12)11(2)16/h4-6,10-11,16H,7-9H2,1-3H3. The van der Waals surface area contributed by atoms with Gasteiger partial charge in [0.15, 0.2) is 0 Å². The summed E-state index contributed by atoms with van der Waals surface area (Å²) in [6.45, 7) is 6.10. The summed E-state index contributed by atoms with van der Waals surface area (Å²) < 4.78 is 5.37. The van der Waals surface area contributed by atoms with E-state index in [4.69, 9.17) is 4.74 Å². The van der Waals surface area contributed by atoms with E-state index in [2.05, 4.69) is 17.9 Å². The number of anilines is 1. The molecule has 2 unspecified atom stereocenters. The molecule has 2 rings (SSSR count). The quantitative estimate of drug-likeness (QED) is 0.912. The average molecular weight is 267 g/mol. The fraction of sp³-hybridized carbons (Fsp3) is 0.571. The summed E-state index contributed by atoms with van der Waals surface area (Å²) in [4.78, 5) is 2.35. The summed E-state index contributed by atoms with van der Waals surface area (Å²) in [6.07, 6.45) is -0.513. The van der Waals surface area contributed by atoms with Crippen LogP contribution in [-0.2, 0) is 0 Å². The van der Waals surface area contributed by atoms with E-state index in [-0.39, 0.29) is 0 Å². The fourth-order valence-electron chi connectivity index (χ4n) is 2.44. The summed E-state index contributed by atoms with van der Waals surface area (Å²) in [5, 5.41) is 10.6. The Morgan fingerprint density at radius 3 is 2.89 bits per heavy atom. The number of aliphatic hydroxyl groups is 1. The van der Waals surface area contributed by atoms with Gasteiger partial charge in [-0.2, -0.15) is 11.8 Å². The van der Waals surface area contributed by atoms with Gasteiger partial charge in [-0.25, -0.2) is 0 Å². The zero-order valence-electron chi connectivity index (χ0n) is 11.2. The molecule has 1 aliphatic heterocycles. The van der Waals surface area contributed by atoms with Crippen LogP contribution in [0.4, 0.5) is 5.69 Å². The number of ether oxygens (including phenoxy) is 1. The number of methoxy groups -OCH3 is 1. The molecule has 1 fully saturated rings. The highest BCUT2D eigenvalue weighted by Crippen LogP contribution is 2.36. The van der Waals surface area contributed by atoms with Gasteiger partial charge in [-0.1, -0.05) is 13.0 Å². The number of benzene rings is 1. The maximum Gasteiger partial charge on any atom is 0.126 e. The number of thioether (sulfide) groups is 1. The Morgan fingerprint density at radius 2 is 2.28 bits per heavy atom. The van der Waals surface area contributed by atoms with E-state index < -0.39 is 6.10 Å². The first-order valence-electron chi connectivity index (χ1n) is 6.35. The zero-order chi connectivity index (χ0) is 13.1. The third-order valence-corrected chi connectivity index (χ3v) is 4.40. The van der Waals surface area contributed by atoms with Gasteiger partial charge in [0.05, 0.1) is 13.2 Å². The highest BCUT2D eigenvalue weighted by Gasteiger charge is 2.22. The summed E-state index contributed by atoms with van der Waals surface area (Å²) in [7, 11) is 1.65. The summed E-state index contributed by atoms with van der Waals surface area (Å²) in [5.41, 5.74) is 2.01. The first-order chi connectivity index (χ1) is 8.63. The lowest BCUT2D eigenvalue weighted by Crippen LogP contribution is -2.37. The van der Waals surface area contributed by atoms with E-state index in [1.54, 1.807) is 14.0 Å². The second-order valence-electron chi connectivity index (χ2n) is 4.70. The number of nitrogens with zero attached hydrogens (tertiary/aromatic N) is 1. The lowest BCUT2D eigenvalue weighted by molar-refractivity contribution is 0.194. The molecule has 0 saturated carbocycles. The van der Waals surface area contributed by atoms with E-state index in [0.29, 0.717) is 5.25 Å². The van der Waals surface area contributed by atoms with Crippen molar-refractivity contribution < 1.29 is 9.84 Å². The minimum atomic E-state index is -0.513. The highest BCUT2D eigenvalue weighted by molar-refractivity contribution is 8.00. The van der Waals surface area contributed by atoms with Crippen LogP contribution < -0.4 is 9.64 Å². The topological polar surface area (TPSA) is 32.7 Å². The third kappa shape index (κ3) is 2.75. The minimum Gasteiger partial charge on any atom is -0.496 e. The Kier molecular flexibility index (Phi) is 4.40. The Morgan fingerprint density at radius 1 is 1.50 bits per heavy atom. The van der Waals surface area contributed by atoms with Crippen LogP contribution in [0.15, 0.2) is 18.2 Å². The van der Waals surface area contributed by atoms with Crippen molar-refractivity contribution in [3.63, 3.8) is 0 Å². The SMILES string of the molecule is COc1cccc(N2CCSC(C)C2)c1C(C)O. The van der Waals surface area contributed by atoms with Gasteiger partial charge in [-0.3, -0.25) is 0 Å². The smallest absolute Gasteiger partial charge is 0.126 e. The lowest BCUT2D eigenvalue weighted by atomic mass is 10.1. The number of hydrogen-bond acceptors (Lipinski definition) is 4. The van der Waals surface area contributed by atoms with E-state index in [9.17, 15) is 5.11 Å². The van der Waals surface area contributed by atoms with Gasteiger partial charge in [0.2, 0.25) is 0 Å². The molecule has 0 amide bonds.